The first-order valence-electron chi connectivity index (χ1n) is 8.69. The van der Waals surface area contributed by atoms with E-state index >= 15 is 0 Å². The molecule has 0 aliphatic heterocycles. The number of nitrogens with zero attached hydrogens (tertiary/aromatic N) is 2. The third-order valence-corrected chi connectivity index (χ3v) is 4.31. The van der Waals surface area contributed by atoms with E-state index in [1.165, 1.54) is 6.21 Å². The number of H-pyrrole nitrogens is 1. The summed E-state index contributed by atoms with van der Waals surface area (Å²) in [5.74, 6) is 0.422. The molecule has 3 aromatic rings. The van der Waals surface area contributed by atoms with Crippen molar-refractivity contribution < 1.29 is 5.11 Å². The minimum atomic E-state index is -0.142. The smallest absolute Gasteiger partial charge is 0.255 e. The fourth-order valence-corrected chi connectivity index (χ4v) is 2.89. The Kier molecular flexibility index (Phi) is 5.31. The van der Waals surface area contributed by atoms with E-state index in [-0.39, 0.29) is 17.3 Å². The highest BCUT2D eigenvalue weighted by atomic mass is 16.3. The highest BCUT2D eigenvalue weighted by Crippen LogP contribution is 2.25. The van der Waals surface area contributed by atoms with Gasteiger partial charge in [-0.25, -0.2) is 10.4 Å². The Morgan fingerprint density at radius 1 is 1.27 bits per heavy atom. The van der Waals surface area contributed by atoms with Gasteiger partial charge in [0.25, 0.3) is 5.56 Å². The van der Waals surface area contributed by atoms with Crippen molar-refractivity contribution in [1.82, 2.24) is 9.97 Å². The first-order chi connectivity index (χ1) is 12.6. The number of aromatic nitrogens is 2. The molecule has 1 heterocycles. The number of hydrogen-bond acceptors (Lipinski definition) is 5. The number of unbranched alkanes of at least 4 members (excludes halogenated alkanes) is 1. The molecule has 0 atom stereocenters. The maximum absolute atomic E-state index is 12.2. The molecule has 2 aromatic carbocycles. The lowest BCUT2D eigenvalue weighted by atomic mass is 10.0. The molecule has 1 aromatic heterocycles. The van der Waals surface area contributed by atoms with Crippen molar-refractivity contribution in [2.75, 3.05) is 5.43 Å². The fourth-order valence-electron chi connectivity index (χ4n) is 2.89. The average molecular weight is 350 g/mol. The van der Waals surface area contributed by atoms with Crippen LogP contribution in [0.1, 0.15) is 36.6 Å². The summed E-state index contributed by atoms with van der Waals surface area (Å²) in [6.07, 6.45) is 4.23. The summed E-state index contributed by atoms with van der Waals surface area (Å²) in [5.41, 5.74) is 4.62. The zero-order chi connectivity index (χ0) is 18.5. The number of rotatable bonds is 6. The normalized spacial score (nSPS) is 11.3. The van der Waals surface area contributed by atoms with Crippen LogP contribution in [0.4, 0.5) is 5.95 Å². The van der Waals surface area contributed by atoms with Crippen molar-refractivity contribution in [2.45, 2.75) is 33.1 Å². The molecule has 0 aliphatic carbocycles. The van der Waals surface area contributed by atoms with Gasteiger partial charge in [0.1, 0.15) is 5.75 Å². The summed E-state index contributed by atoms with van der Waals surface area (Å²) in [6, 6.07) is 11.2. The molecule has 26 heavy (non-hydrogen) atoms. The van der Waals surface area contributed by atoms with E-state index in [2.05, 4.69) is 27.4 Å². The van der Waals surface area contributed by atoms with E-state index in [4.69, 9.17) is 0 Å². The molecule has 0 saturated carbocycles. The Bertz CT molecular complexity index is 1010. The lowest BCUT2D eigenvalue weighted by Crippen LogP contribution is -2.18. The fraction of sp³-hybridized carbons (Fsp3) is 0.250. The second-order valence-electron chi connectivity index (χ2n) is 6.17. The Labute approximate surface area is 151 Å². The predicted molar refractivity (Wildman–Crippen MR) is 105 cm³/mol. The van der Waals surface area contributed by atoms with Crippen LogP contribution in [-0.2, 0) is 6.42 Å². The van der Waals surface area contributed by atoms with Gasteiger partial charge >= 0.3 is 0 Å². The number of aromatic amines is 1. The van der Waals surface area contributed by atoms with Gasteiger partial charge in [0.05, 0.1) is 6.21 Å². The number of aromatic hydroxyl groups is 1. The van der Waals surface area contributed by atoms with Crippen LogP contribution >= 0.6 is 0 Å². The summed E-state index contributed by atoms with van der Waals surface area (Å²) in [4.78, 5) is 19.3. The zero-order valence-corrected chi connectivity index (χ0v) is 14.9. The summed E-state index contributed by atoms with van der Waals surface area (Å²) in [5, 5.41) is 16.2. The molecule has 0 radical (unpaired) electrons. The van der Waals surface area contributed by atoms with E-state index in [9.17, 15) is 9.90 Å². The van der Waals surface area contributed by atoms with Crippen molar-refractivity contribution in [3.05, 3.63) is 63.6 Å². The highest BCUT2D eigenvalue weighted by Gasteiger charge is 2.08. The van der Waals surface area contributed by atoms with E-state index in [1.54, 1.807) is 6.07 Å². The van der Waals surface area contributed by atoms with Gasteiger partial charge in [-0.2, -0.15) is 5.10 Å². The second kappa shape index (κ2) is 7.82. The molecule has 0 fully saturated rings. The number of anilines is 1. The van der Waals surface area contributed by atoms with Gasteiger partial charge in [-0.3, -0.25) is 9.78 Å². The number of phenols is 1. The number of aryl methyl sites for hydroxylation is 1. The van der Waals surface area contributed by atoms with Gasteiger partial charge in [0.2, 0.25) is 5.95 Å². The molecule has 134 valence electrons. The van der Waals surface area contributed by atoms with Crippen molar-refractivity contribution >= 4 is 22.9 Å². The predicted octanol–water partition coefficient (Wildman–Crippen LogP) is 3.73. The van der Waals surface area contributed by atoms with Crippen molar-refractivity contribution in [2.24, 2.45) is 5.10 Å². The second-order valence-corrected chi connectivity index (χ2v) is 6.17. The number of hydrazone groups is 1. The van der Waals surface area contributed by atoms with Crippen LogP contribution in [0.3, 0.4) is 0 Å². The van der Waals surface area contributed by atoms with Crippen molar-refractivity contribution in [3.8, 4) is 5.75 Å². The minimum Gasteiger partial charge on any atom is -0.507 e. The molecule has 0 bridgehead atoms. The average Bonchev–Trinajstić information content (AvgIpc) is 2.63. The maximum Gasteiger partial charge on any atom is 0.255 e. The Hall–Kier alpha value is -3.15. The number of fused-ring (bicyclic) bond motifs is 1. The van der Waals surface area contributed by atoms with Crippen LogP contribution in [0.25, 0.3) is 10.8 Å². The van der Waals surface area contributed by atoms with Crippen LogP contribution < -0.4 is 11.0 Å². The molecule has 3 rings (SSSR count). The Morgan fingerprint density at radius 2 is 2.08 bits per heavy atom. The largest absolute Gasteiger partial charge is 0.507 e. The summed E-state index contributed by atoms with van der Waals surface area (Å²) in [6.45, 7) is 3.91. The first kappa shape index (κ1) is 17.7. The van der Waals surface area contributed by atoms with Gasteiger partial charge in [-0.1, -0.05) is 43.7 Å². The standard InChI is InChI=1S/C20H22N4O2/c1-3-4-8-15-13(2)22-20(23-19(15)26)24-21-12-17-16-9-6-5-7-14(16)10-11-18(17)25/h5-7,9-12,25H,3-4,8H2,1-2H3,(H2,22,23,24,26). The third kappa shape index (κ3) is 3.74. The first-order valence-corrected chi connectivity index (χ1v) is 8.69. The maximum atomic E-state index is 12.2. The number of benzene rings is 2. The zero-order valence-electron chi connectivity index (χ0n) is 14.9. The highest BCUT2D eigenvalue weighted by molar-refractivity contribution is 6.02. The molecule has 0 amide bonds. The molecule has 0 saturated heterocycles. The SMILES string of the molecule is CCCCc1c(C)nc(NN=Cc2c(O)ccc3ccccc23)[nH]c1=O. The van der Waals surface area contributed by atoms with Crippen molar-refractivity contribution in [3.63, 3.8) is 0 Å². The van der Waals surface area contributed by atoms with Gasteiger partial charge < -0.3 is 5.11 Å². The van der Waals surface area contributed by atoms with Crippen LogP contribution in [0.15, 0.2) is 46.3 Å². The summed E-state index contributed by atoms with van der Waals surface area (Å²) in [7, 11) is 0. The van der Waals surface area contributed by atoms with Crippen LogP contribution in [0.5, 0.6) is 5.75 Å². The topological polar surface area (TPSA) is 90.4 Å². The van der Waals surface area contributed by atoms with Gasteiger partial charge in [-0.15, -0.1) is 0 Å². The molecule has 6 heteroatoms. The molecular formula is C20H22N4O2. The lowest BCUT2D eigenvalue weighted by molar-refractivity contribution is 0.475. The van der Waals surface area contributed by atoms with E-state index in [0.717, 1.165) is 30.0 Å². The van der Waals surface area contributed by atoms with Crippen LogP contribution in [0.2, 0.25) is 0 Å². The van der Waals surface area contributed by atoms with E-state index in [0.29, 0.717) is 16.8 Å². The molecule has 3 N–H and O–H groups in total. The van der Waals surface area contributed by atoms with Crippen LogP contribution in [-0.4, -0.2) is 21.3 Å². The third-order valence-electron chi connectivity index (χ3n) is 4.31. The van der Waals surface area contributed by atoms with Crippen LogP contribution in [0, 0.1) is 6.92 Å². The molecule has 0 spiro atoms. The Morgan fingerprint density at radius 3 is 2.85 bits per heavy atom. The van der Waals surface area contributed by atoms with E-state index < -0.39 is 0 Å². The molecule has 0 aliphatic rings. The molecular weight excluding hydrogens is 328 g/mol. The quantitative estimate of drug-likeness (QED) is 0.467. The number of nitrogens with one attached hydrogen (secondary N) is 2. The van der Waals surface area contributed by atoms with Gasteiger partial charge in [0.15, 0.2) is 0 Å². The lowest BCUT2D eigenvalue weighted by Gasteiger charge is -2.07. The summed E-state index contributed by atoms with van der Waals surface area (Å²) >= 11 is 0. The van der Waals surface area contributed by atoms with Crippen molar-refractivity contribution in [1.29, 1.82) is 0 Å². The molecule has 0 unspecified atom stereocenters. The molecule has 6 nitrogen and oxygen atoms in total. The number of phenolic OH excluding ortho intramolecular Hbond substituents is 1. The summed E-state index contributed by atoms with van der Waals surface area (Å²) < 4.78 is 0. The monoisotopic (exact) mass is 350 g/mol. The Balaban J connectivity index is 1.84. The van der Waals surface area contributed by atoms with E-state index in [1.807, 2.05) is 37.3 Å². The van der Waals surface area contributed by atoms with Gasteiger partial charge in [-0.05, 0) is 36.6 Å². The van der Waals surface area contributed by atoms with Gasteiger partial charge in [0, 0.05) is 16.8 Å². The minimum absolute atomic E-state index is 0.141. The number of hydrogen-bond donors (Lipinski definition) is 3.